The molecule has 98 valence electrons. The molecule has 4 heteroatoms. The van der Waals surface area contributed by atoms with E-state index in [1.54, 1.807) is 30.3 Å². The smallest absolute Gasteiger partial charge is 0.166 e. The molecule has 0 amide bonds. The number of halogens is 4. The van der Waals surface area contributed by atoms with Gasteiger partial charge in [-0.15, -0.1) is 0 Å². The van der Waals surface area contributed by atoms with Gasteiger partial charge in [0.15, 0.2) is 0 Å². The van der Waals surface area contributed by atoms with Gasteiger partial charge in [-0.2, -0.15) is 13.2 Å². The van der Waals surface area contributed by atoms with Crippen LogP contribution in [0.5, 0.6) is 0 Å². The fraction of sp³-hybridized carbons (Fsp3) is 0.0667. The Morgan fingerprint density at radius 3 is 2.00 bits per heavy atom. The van der Waals surface area contributed by atoms with Gasteiger partial charge in [0.05, 0.1) is 5.57 Å². The molecule has 0 saturated carbocycles. The Bertz CT molecular complexity index is 569. The molecule has 19 heavy (non-hydrogen) atoms. The molecule has 0 bridgehead atoms. The molecule has 0 saturated heterocycles. The van der Waals surface area contributed by atoms with Gasteiger partial charge in [-0.3, -0.25) is 0 Å². The van der Waals surface area contributed by atoms with Crippen LogP contribution in [0.15, 0.2) is 54.6 Å². The van der Waals surface area contributed by atoms with Gasteiger partial charge in [0, 0.05) is 5.02 Å². The highest BCUT2D eigenvalue weighted by Crippen LogP contribution is 2.35. The van der Waals surface area contributed by atoms with E-state index in [1.165, 1.54) is 24.3 Å². The zero-order chi connectivity index (χ0) is 13.9. The lowest BCUT2D eigenvalue weighted by Gasteiger charge is -2.12. The van der Waals surface area contributed by atoms with Gasteiger partial charge >= 0.3 is 6.18 Å². The maximum atomic E-state index is 13.1. The molecule has 0 aromatic heterocycles. The van der Waals surface area contributed by atoms with E-state index < -0.39 is 11.7 Å². The summed E-state index contributed by atoms with van der Waals surface area (Å²) in [6.07, 6.45) is -3.28. The molecule has 2 aromatic carbocycles. The highest BCUT2D eigenvalue weighted by atomic mass is 35.5. The van der Waals surface area contributed by atoms with Crippen molar-refractivity contribution in [3.8, 4) is 0 Å². The van der Waals surface area contributed by atoms with Crippen LogP contribution in [0.1, 0.15) is 11.1 Å². The highest BCUT2D eigenvalue weighted by molar-refractivity contribution is 6.30. The van der Waals surface area contributed by atoms with Crippen molar-refractivity contribution in [1.29, 1.82) is 0 Å². The van der Waals surface area contributed by atoms with Gasteiger partial charge in [0.25, 0.3) is 0 Å². The summed E-state index contributed by atoms with van der Waals surface area (Å²) in [5.74, 6) is 0. The summed E-state index contributed by atoms with van der Waals surface area (Å²) in [7, 11) is 0. The summed E-state index contributed by atoms with van der Waals surface area (Å²) in [5.41, 5.74) is -0.0825. The molecule has 0 nitrogen and oxygen atoms in total. The predicted octanol–water partition coefficient (Wildman–Crippen LogP) is 5.44. The van der Waals surface area contributed by atoms with Crippen molar-refractivity contribution < 1.29 is 13.2 Å². The number of hydrogen-bond donors (Lipinski definition) is 0. The lowest BCUT2D eigenvalue weighted by molar-refractivity contribution is -0.0683. The van der Waals surface area contributed by atoms with Crippen LogP contribution < -0.4 is 0 Å². The molecule has 2 aromatic rings. The Kier molecular flexibility index (Phi) is 3.96. The third kappa shape index (κ3) is 3.61. The number of benzene rings is 2. The van der Waals surface area contributed by atoms with Crippen LogP contribution in [0, 0.1) is 0 Å². The van der Waals surface area contributed by atoms with Gasteiger partial charge in [-0.25, -0.2) is 0 Å². The SMILES string of the molecule is FC(F)(F)/C(=C/c1ccccc1)c1ccc(Cl)cc1. The Morgan fingerprint density at radius 2 is 1.47 bits per heavy atom. The minimum Gasteiger partial charge on any atom is -0.166 e. The fourth-order valence-electron chi connectivity index (χ4n) is 1.67. The summed E-state index contributed by atoms with van der Waals surface area (Å²) >= 11 is 5.69. The first-order chi connectivity index (χ1) is 8.97. The van der Waals surface area contributed by atoms with E-state index >= 15 is 0 Å². The first-order valence-corrected chi connectivity index (χ1v) is 5.94. The third-order valence-corrected chi connectivity index (χ3v) is 2.82. The number of hydrogen-bond acceptors (Lipinski definition) is 0. The lowest BCUT2D eigenvalue weighted by atomic mass is 10.0. The molecule has 0 N–H and O–H groups in total. The van der Waals surface area contributed by atoms with Gasteiger partial charge in [-0.1, -0.05) is 54.1 Å². The molecular formula is C15H10ClF3. The summed E-state index contributed by atoms with van der Waals surface area (Å²) < 4.78 is 39.3. The summed E-state index contributed by atoms with van der Waals surface area (Å²) in [5, 5.41) is 0.407. The standard InChI is InChI=1S/C15H10ClF3/c16-13-8-6-12(7-9-13)14(15(17,18)19)10-11-4-2-1-3-5-11/h1-10H/b14-10+. The van der Waals surface area contributed by atoms with E-state index in [-0.39, 0.29) is 5.56 Å². The molecule has 0 aliphatic rings. The van der Waals surface area contributed by atoms with E-state index in [1.807, 2.05) is 0 Å². The lowest BCUT2D eigenvalue weighted by Crippen LogP contribution is -2.10. The molecule has 0 heterocycles. The quantitative estimate of drug-likeness (QED) is 0.643. The van der Waals surface area contributed by atoms with Crippen LogP contribution in [0.3, 0.4) is 0 Å². The predicted molar refractivity (Wildman–Crippen MR) is 71.8 cm³/mol. The number of alkyl halides is 3. The molecule has 0 radical (unpaired) electrons. The van der Waals surface area contributed by atoms with Crippen molar-refractivity contribution in [2.75, 3.05) is 0 Å². The monoisotopic (exact) mass is 282 g/mol. The van der Waals surface area contributed by atoms with E-state index in [2.05, 4.69) is 0 Å². The van der Waals surface area contributed by atoms with Crippen molar-refractivity contribution in [3.63, 3.8) is 0 Å². The zero-order valence-electron chi connectivity index (χ0n) is 9.79. The topological polar surface area (TPSA) is 0 Å². The number of allylic oxidation sites excluding steroid dienone is 1. The molecule has 0 fully saturated rings. The van der Waals surface area contributed by atoms with Crippen LogP contribution in [0.4, 0.5) is 13.2 Å². The Hall–Kier alpha value is -1.74. The van der Waals surface area contributed by atoms with Crippen LogP contribution in [0.25, 0.3) is 11.6 Å². The van der Waals surface area contributed by atoms with Crippen molar-refractivity contribution in [3.05, 3.63) is 70.7 Å². The Morgan fingerprint density at radius 1 is 0.895 bits per heavy atom. The van der Waals surface area contributed by atoms with Gasteiger partial charge in [0.1, 0.15) is 0 Å². The Balaban J connectivity index is 2.48. The third-order valence-electron chi connectivity index (χ3n) is 2.57. The second kappa shape index (κ2) is 5.49. The van der Waals surface area contributed by atoms with E-state index in [9.17, 15) is 13.2 Å². The maximum absolute atomic E-state index is 13.1. The molecule has 0 aliphatic carbocycles. The average Bonchev–Trinajstić information content (AvgIpc) is 2.37. The van der Waals surface area contributed by atoms with E-state index in [0.29, 0.717) is 10.6 Å². The van der Waals surface area contributed by atoms with Crippen molar-refractivity contribution in [1.82, 2.24) is 0 Å². The molecule has 2 rings (SSSR count). The van der Waals surface area contributed by atoms with Crippen LogP contribution >= 0.6 is 11.6 Å². The first-order valence-electron chi connectivity index (χ1n) is 5.57. The van der Waals surface area contributed by atoms with Gasteiger partial charge in [0.2, 0.25) is 0 Å². The summed E-state index contributed by atoms with van der Waals surface area (Å²) in [6.45, 7) is 0. The van der Waals surface area contributed by atoms with E-state index in [4.69, 9.17) is 11.6 Å². The summed E-state index contributed by atoms with van der Waals surface area (Å²) in [6, 6.07) is 14.0. The molecular weight excluding hydrogens is 273 g/mol. The van der Waals surface area contributed by atoms with E-state index in [0.717, 1.165) is 6.08 Å². The Labute approximate surface area is 114 Å². The normalized spacial score (nSPS) is 12.5. The maximum Gasteiger partial charge on any atom is 0.417 e. The van der Waals surface area contributed by atoms with Crippen molar-refractivity contribution in [2.45, 2.75) is 6.18 Å². The van der Waals surface area contributed by atoms with Crippen molar-refractivity contribution in [2.24, 2.45) is 0 Å². The second-order valence-electron chi connectivity index (χ2n) is 3.97. The minimum absolute atomic E-state index is 0.0979. The van der Waals surface area contributed by atoms with Gasteiger partial charge in [-0.05, 0) is 29.3 Å². The fourth-order valence-corrected chi connectivity index (χ4v) is 1.80. The van der Waals surface area contributed by atoms with Crippen LogP contribution in [-0.4, -0.2) is 6.18 Å². The van der Waals surface area contributed by atoms with Gasteiger partial charge < -0.3 is 0 Å². The van der Waals surface area contributed by atoms with Crippen molar-refractivity contribution >= 4 is 23.3 Å². The minimum atomic E-state index is -4.41. The highest BCUT2D eigenvalue weighted by Gasteiger charge is 2.34. The zero-order valence-corrected chi connectivity index (χ0v) is 10.5. The first kappa shape index (κ1) is 13.7. The molecule has 0 aliphatic heterocycles. The second-order valence-corrected chi connectivity index (χ2v) is 4.41. The van der Waals surface area contributed by atoms with Crippen LogP contribution in [0.2, 0.25) is 5.02 Å². The molecule has 0 spiro atoms. The molecule has 0 atom stereocenters. The largest absolute Gasteiger partial charge is 0.417 e. The number of rotatable bonds is 2. The average molecular weight is 283 g/mol. The summed E-state index contributed by atoms with van der Waals surface area (Å²) in [4.78, 5) is 0. The van der Waals surface area contributed by atoms with Crippen LogP contribution in [-0.2, 0) is 0 Å². The molecule has 0 unspecified atom stereocenters.